The van der Waals surface area contributed by atoms with Crippen molar-refractivity contribution in [1.29, 1.82) is 0 Å². The van der Waals surface area contributed by atoms with Crippen LogP contribution in [0.2, 0.25) is 0 Å². The van der Waals surface area contributed by atoms with Crippen LogP contribution in [0.3, 0.4) is 0 Å². The number of nitrogens with two attached hydrogens (primary N) is 1. The summed E-state index contributed by atoms with van der Waals surface area (Å²) in [6.07, 6.45) is 0.696. The molecule has 1 rings (SSSR count). The second-order valence-electron chi connectivity index (χ2n) is 2.11. The highest BCUT2D eigenvalue weighted by Crippen LogP contribution is 2.13. The van der Waals surface area contributed by atoms with E-state index in [0.717, 1.165) is 0 Å². The predicted molar refractivity (Wildman–Crippen MR) is 32.3 cm³/mol. The Bertz CT molecular complexity index is 182. The Kier molecular flexibility index (Phi) is 1.74. The third-order valence-electron chi connectivity index (χ3n) is 1.13. The molecule has 0 radical (unpaired) electrons. The van der Waals surface area contributed by atoms with Gasteiger partial charge in [0.1, 0.15) is 0 Å². The number of rotatable bonds is 3. The number of hydrogen-bond acceptors (Lipinski definition) is 3. The lowest BCUT2D eigenvalue weighted by molar-refractivity contribution is 0.403. The molecule has 1 unspecified atom stereocenters. The van der Waals surface area contributed by atoms with Gasteiger partial charge >= 0.3 is 0 Å². The van der Waals surface area contributed by atoms with E-state index in [4.69, 9.17) is 9.88 Å². The second-order valence-corrected chi connectivity index (χ2v) is 3.84. The standard InChI is InChI=1S/C4H9NO3S/c5-9(6,7)2-1-4-3-8-4/h4H,1-3H2,(H2,5,6,7). The smallest absolute Gasteiger partial charge is 0.209 e. The first-order valence-corrected chi connectivity index (χ1v) is 4.41. The fraction of sp³-hybridized carbons (Fsp3) is 1.00. The van der Waals surface area contributed by atoms with Crippen molar-refractivity contribution in [2.24, 2.45) is 5.14 Å². The summed E-state index contributed by atoms with van der Waals surface area (Å²) in [5.41, 5.74) is 0. The van der Waals surface area contributed by atoms with Gasteiger partial charge in [-0.3, -0.25) is 0 Å². The molecule has 4 nitrogen and oxygen atoms in total. The van der Waals surface area contributed by atoms with Crippen molar-refractivity contribution in [2.45, 2.75) is 12.5 Å². The molecule has 0 aromatic rings. The first-order valence-electron chi connectivity index (χ1n) is 2.70. The van der Waals surface area contributed by atoms with Gasteiger partial charge in [-0.25, -0.2) is 13.6 Å². The Balaban J connectivity index is 2.18. The first kappa shape index (κ1) is 6.98. The maximum absolute atomic E-state index is 10.3. The van der Waals surface area contributed by atoms with Gasteiger partial charge in [0, 0.05) is 0 Å². The highest BCUT2D eigenvalue weighted by Gasteiger charge is 2.23. The Morgan fingerprint density at radius 3 is 2.56 bits per heavy atom. The molecule has 0 aromatic heterocycles. The average Bonchev–Trinajstić information content (AvgIpc) is 2.38. The van der Waals surface area contributed by atoms with Crippen molar-refractivity contribution in [3.63, 3.8) is 0 Å². The van der Waals surface area contributed by atoms with E-state index in [2.05, 4.69) is 0 Å². The summed E-state index contributed by atoms with van der Waals surface area (Å²) in [6.45, 7) is 0.690. The molecule has 0 amide bonds. The van der Waals surface area contributed by atoms with E-state index in [9.17, 15) is 8.42 Å². The van der Waals surface area contributed by atoms with E-state index < -0.39 is 10.0 Å². The fourth-order valence-electron chi connectivity index (χ4n) is 0.530. The summed E-state index contributed by atoms with van der Waals surface area (Å²) in [7, 11) is -3.26. The molecule has 0 aromatic carbocycles. The van der Waals surface area contributed by atoms with Gasteiger partial charge in [0.05, 0.1) is 18.5 Å². The lowest BCUT2D eigenvalue weighted by atomic mass is 10.4. The van der Waals surface area contributed by atoms with Gasteiger partial charge in [-0.05, 0) is 6.42 Å². The fourth-order valence-corrected chi connectivity index (χ4v) is 1.12. The molecule has 9 heavy (non-hydrogen) atoms. The van der Waals surface area contributed by atoms with Gasteiger partial charge in [0.15, 0.2) is 0 Å². The summed E-state index contributed by atoms with van der Waals surface area (Å²) in [5.74, 6) is 0.0394. The summed E-state index contributed by atoms with van der Waals surface area (Å²) < 4.78 is 25.4. The average molecular weight is 151 g/mol. The van der Waals surface area contributed by atoms with Gasteiger partial charge in [-0.2, -0.15) is 0 Å². The third kappa shape index (κ3) is 3.45. The summed E-state index contributed by atoms with van der Waals surface area (Å²) in [4.78, 5) is 0. The molecule has 1 aliphatic rings. The monoisotopic (exact) mass is 151 g/mol. The second kappa shape index (κ2) is 2.24. The minimum atomic E-state index is -3.26. The normalized spacial score (nSPS) is 26.1. The molecule has 0 aliphatic carbocycles. The molecule has 0 bridgehead atoms. The molecule has 54 valence electrons. The molecule has 5 heteroatoms. The highest BCUT2D eigenvalue weighted by molar-refractivity contribution is 7.89. The van der Waals surface area contributed by atoms with E-state index in [1.165, 1.54) is 0 Å². The van der Waals surface area contributed by atoms with E-state index in [1.807, 2.05) is 0 Å². The van der Waals surface area contributed by atoms with Crippen LogP contribution in [0.4, 0.5) is 0 Å². The largest absolute Gasteiger partial charge is 0.373 e. The van der Waals surface area contributed by atoms with E-state index in [1.54, 1.807) is 0 Å². The number of sulfonamides is 1. The van der Waals surface area contributed by atoms with Crippen LogP contribution in [0.5, 0.6) is 0 Å². The zero-order valence-electron chi connectivity index (χ0n) is 4.91. The molecule has 1 aliphatic heterocycles. The Morgan fingerprint density at radius 2 is 2.22 bits per heavy atom. The zero-order valence-corrected chi connectivity index (χ0v) is 5.73. The van der Waals surface area contributed by atoms with E-state index >= 15 is 0 Å². The zero-order chi connectivity index (χ0) is 6.91. The number of hydrogen-bond donors (Lipinski definition) is 1. The molecule has 1 saturated heterocycles. The van der Waals surface area contributed by atoms with Crippen LogP contribution >= 0.6 is 0 Å². The molecule has 1 fully saturated rings. The predicted octanol–water partition coefficient (Wildman–Crippen LogP) is -0.936. The van der Waals surface area contributed by atoms with Gasteiger partial charge in [-0.1, -0.05) is 0 Å². The SMILES string of the molecule is NS(=O)(=O)CCC1CO1. The van der Waals surface area contributed by atoms with Crippen molar-refractivity contribution in [3.05, 3.63) is 0 Å². The Labute approximate surface area is 54.0 Å². The van der Waals surface area contributed by atoms with Crippen LogP contribution < -0.4 is 5.14 Å². The molecule has 2 N–H and O–H groups in total. The van der Waals surface area contributed by atoms with Crippen LogP contribution in [0, 0.1) is 0 Å². The van der Waals surface area contributed by atoms with Gasteiger partial charge < -0.3 is 4.74 Å². The first-order chi connectivity index (χ1) is 4.08. The van der Waals surface area contributed by atoms with Crippen LogP contribution in [0.15, 0.2) is 0 Å². The molecular weight excluding hydrogens is 142 g/mol. The maximum Gasteiger partial charge on any atom is 0.209 e. The van der Waals surface area contributed by atoms with Crippen LogP contribution in [-0.2, 0) is 14.8 Å². The molecule has 1 heterocycles. The van der Waals surface area contributed by atoms with Crippen molar-refractivity contribution >= 4 is 10.0 Å². The minimum absolute atomic E-state index is 0.0394. The highest BCUT2D eigenvalue weighted by atomic mass is 32.2. The van der Waals surface area contributed by atoms with Crippen LogP contribution in [-0.4, -0.2) is 26.9 Å². The molecule has 0 spiro atoms. The van der Waals surface area contributed by atoms with Crippen LogP contribution in [0.25, 0.3) is 0 Å². The lowest BCUT2D eigenvalue weighted by Crippen LogP contribution is -2.17. The Hall–Kier alpha value is -0.130. The maximum atomic E-state index is 10.3. The number of primary sulfonamides is 1. The molecule has 1 atom stereocenters. The lowest BCUT2D eigenvalue weighted by Gasteiger charge is -1.91. The number of epoxide rings is 1. The van der Waals surface area contributed by atoms with E-state index in [-0.39, 0.29) is 11.9 Å². The minimum Gasteiger partial charge on any atom is -0.373 e. The number of ether oxygens (including phenoxy) is 1. The third-order valence-corrected chi connectivity index (χ3v) is 1.93. The van der Waals surface area contributed by atoms with Crippen LogP contribution in [0.1, 0.15) is 6.42 Å². The van der Waals surface area contributed by atoms with Gasteiger partial charge in [0.25, 0.3) is 0 Å². The van der Waals surface area contributed by atoms with Crippen molar-refractivity contribution < 1.29 is 13.2 Å². The van der Waals surface area contributed by atoms with Gasteiger partial charge in [-0.15, -0.1) is 0 Å². The van der Waals surface area contributed by atoms with Crippen molar-refractivity contribution in [1.82, 2.24) is 0 Å². The van der Waals surface area contributed by atoms with Crippen molar-refractivity contribution in [2.75, 3.05) is 12.4 Å². The molecule has 0 saturated carbocycles. The molecular formula is C4H9NO3S. The quantitative estimate of drug-likeness (QED) is 0.529. The summed E-state index contributed by atoms with van der Waals surface area (Å²) >= 11 is 0. The van der Waals surface area contributed by atoms with Gasteiger partial charge in [0.2, 0.25) is 10.0 Å². The topological polar surface area (TPSA) is 72.7 Å². The summed E-state index contributed by atoms with van der Waals surface area (Å²) in [6, 6.07) is 0. The van der Waals surface area contributed by atoms with Crippen molar-refractivity contribution in [3.8, 4) is 0 Å². The Morgan fingerprint density at radius 1 is 1.67 bits per heavy atom. The van der Waals surface area contributed by atoms with E-state index in [0.29, 0.717) is 13.0 Å². The summed E-state index contributed by atoms with van der Waals surface area (Å²) in [5, 5.41) is 4.73.